The maximum atomic E-state index is 10.7. The number of benzene rings is 1. The number of carbonyl (C=O) groups is 1. The summed E-state index contributed by atoms with van der Waals surface area (Å²) in [5.41, 5.74) is 1.43. The second kappa shape index (κ2) is 6.64. The van der Waals surface area contributed by atoms with Crippen molar-refractivity contribution in [1.82, 2.24) is 9.55 Å². The highest BCUT2D eigenvalue weighted by molar-refractivity contribution is 9.10. The summed E-state index contributed by atoms with van der Waals surface area (Å²) in [5.74, 6) is -0.359. The first kappa shape index (κ1) is 16.1. The summed E-state index contributed by atoms with van der Waals surface area (Å²) in [6.07, 6.45) is 2.46. The molecule has 0 fully saturated rings. The molecule has 1 aromatic heterocycles. The largest absolute Gasteiger partial charge is 0.478 e. The van der Waals surface area contributed by atoms with Gasteiger partial charge in [0.25, 0.3) is 0 Å². The van der Waals surface area contributed by atoms with Crippen molar-refractivity contribution in [3.8, 4) is 0 Å². The van der Waals surface area contributed by atoms with E-state index in [1.54, 1.807) is 13.0 Å². The molecule has 0 spiro atoms. The Bertz CT molecular complexity index is 726. The van der Waals surface area contributed by atoms with Gasteiger partial charge >= 0.3 is 5.97 Å². The zero-order valence-electron chi connectivity index (χ0n) is 11.0. The summed E-state index contributed by atoms with van der Waals surface area (Å²) < 4.78 is 2.71. The standard InChI is InChI=1S/C14H11BrCl2N2O2/c1-8-18-14(17)12(4-5-13(20)21)19(8)7-9-2-3-10(15)6-11(9)16/h2-6H,7H2,1H3,(H,20,21). The van der Waals surface area contributed by atoms with E-state index in [9.17, 15) is 4.79 Å². The molecule has 0 saturated heterocycles. The molecule has 7 heteroatoms. The van der Waals surface area contributed by atoms with Crippen molar-refractivity contribution in [3.05, 3.63) is 56.0 Å². The summed E-state index contributed by atoms with van der Waals surface area (Å²) in [4.78, 5) is 14.8. The first-order valence-electron chi connectivity index (χ1n) is 5.96. The van der Waals surface area contributed by atoms with Gasteiger partial charge in [-0.25, -0.2) is 9.78 Å². The van der Waals surface area contributed by atoms with Crippen LogP contribution in [0, 0.1) is 6.92 Å². The lowest BCUT2D eigenvalue weighted by Gasteiger charge is -2.10. The Morgan fingerprint density at radius 3 is 2.81 bits per heavy atom. The molecule has 1 aromatic carbocycles. The number of aliphatic carboxylic acids is 1. The highest BCUT2D eigenvalue weighted by Crippen LogP contribution is 2.25. The first-order valence-corrected chi connectivity index (χ1v) is 7.51. The Balaban J connectivity index is 2.41. The fourth-order valence-corrected chi connectivity index (χ4v) is 2.89. The maximum absolute atomic E-state index is 10.7. The molecule has 0 aliphatic carbocycles. The van der Waals surface area contributed by atoms with E-state index in [1.165, 1.54) is 6.08 Å². The molecule has 1 N–H and O–H groups in total. The quantitative estimate of drug-likeness (QED) is 0.788. The van der Waals surface area contributed by atoms with E-state index < -0.39 is 5.97 Å². The minimum Gasteiger partial charge on any atom is -0.478 e. The van der Waals surface area contributed by atoms with Crippen LogP contribution in [0.3, 0.4) is 0 Å². The van der Waals surface area contributed by atoms with Crippen molar-refractivity contribution in [2.45, 2.75) is 13.5 Å². The maximum Gasteiger partial charge on any atom is 0.328 e. The van der Waals surface area contributed by atoms with Crippen LogP contribution in [0.15, 0.2) is 28.7 Å². The third-order valence-corrected chi connectivity index (χ3v) is 4.00. The Kier molecular flexibility index (Phi) is 5.08. The van der Waals surface area contributed by atoms with Gasteiger partial charge in [0.2, 0.25) is 0 Å². The molecule has 110 valence electrons. The van der Waals surface area contributed by atoms with Crippen LogP contribution in [-0.2, 0) is 11.3 Å². The van der Waals surface area contributed by atoms with Gasteiger partial charge in [-0.2, -0.15) is 0 Å². The molecule has 0 bridgehead atoms. The van der Waals surface area contributed by atoms with Crippen molar-refractivity contribution in [3.63, 3.8) is 0 Å². The Morgan fingerprint density at radius 1 is 1.48 bits per heavy atom. The van der Waals surface area contributed by atoms with Crippen molar-refractivity contribution in [2.75, 3.05) is 0 Å². The van der Waals surface area contributed by atoms with Crippen molar-refractivity contribution >= 4 is 51.2 Å². The third kappa shape index (κ3) is 3.87. The third-order valence-electron chi connectivity index (χ3n) is 2.88. The zero-order chi connectivity index (χ0) is 15.6. The van der Waals surface area contributed by atoms with Gasteiger partial charge in [0.05, 0.1) is 12.2 Å². The number of nitrogens with zero attached hydrogens (tertiary/aromatic N) is 2. The monoisotopic (exact) mass is 388 g/mol. The number of aromatic nitrogens is 2. The molecule has 0 saturated carbocycles. The molecule has 21 heavy (non-hydrogen) atoms. The Hall–Kier alpha value is -1.30. The summed E-state index contributed by atoms with van der Waals surface area (Å²) in [6, 6.07) is 5.59. The summed E-state index contributed by atoms with van der Waals surface area (Å²) in [6.45, 7) is 2.26. The molecular formula is C14H11BrCl2N2O2. The second-order valence-electron chi connectivity index (χ2n) is 4.33. The van der Waals surface area contributed by atoms with Gasteiger partial charge in [-0.3, -0.25) is 0 Å². The summed E-state index contributed by atoms with van der Waals surface area (Å²) >= 11 is 15.6. The van der Waals surface area contributed by atoms with E-state index in [0.29, 0.717) is 23.1 Å². The Morgan fingerprint density at radius 2 is 2.19 bits per heavy atom. The van der Waals surface area contributed by atoms with Crippen LogP contribution in [0.2, 0.25) is 10.2 Å². The van der Waals surface area contributed by atoms with E-state index in [0.717, 1.165) is 16.1 Å². The molecule has 0 aliphatic rings. The predicted molar refractivity (Wildman–Crippen MR) is 86.9 cm³/mol. The second-order valence-corrected chi connectivity index (χ2v) is 6.01. The zero-order valence-corrected chi connectivity index (χ0v) is 14.1. The van der Waals surface area contributed by atoms with Crippen molar-refractivity contribution in [2.24, 2.45) is 0 Å². The number of carboxylic acid groups (broad SMARTS) is 1. The predicted octanol–water partition coefficient (Wildman–Crippen LogP) is 4.41. The average Bonchev–Trinajstić information content (AvgIpc) is 2.65. The summed E-state index contributed by atoms with van der Waals surface area (Å²) in [5, 5.41) is 9.62. The molecule has 2 aromatic rings. The van der Waals surface area contributed by atoms with E-state index >= 15 is 0 Å². The molecule has 4 nitrogen and oxygen atoms in total. The fourth-order valence-electron chi connectivity index (χ4n) is 1.87. The highest BCUT2D eigenvalue weighted by Gasteiger charge is 2.13. The van der Waals surface area contributed by atoms with Crippen LogP contribution in [0.5, 0.6) is 0 Å². The average molecular weight is 390 g/mol. The molecule has 2 rings (SSSR count). The van der Waals surface area contributed by atoms with E-state index in [4.69, 9.17) is 28.3 Å². The normalized spacial score (nSPS) is 11.2. The van der Waals surface area contributed by atoms with Crippen LogP contribution in [0.1, 0.15) is 17.1 Å². The summed E-state index contributed by atoms with van der Waals surface area (Å²) in [7, 11) is 0. The number of aryl methyl sites for hydroxylation is 1. The van der Waals surface area contributed by atoms with Crippen molar-refractivity contribution in [1.29, 1.82) is 0 Å². The van der Waals surface area contributed by atoms with Gasteiger partial charge < -0.3 is 9.67 Å². The Labute approximate surface area is 140 Å². The number of hydrogen-bond donors (Lipinski definition) is 1. The molecule has 0 amide bonds. The number of hydrogen-bond acceptors (Lipinski definition) is 2. The molecule has 0 aliphatic heterocycles. The van der Waals surface area contributed by atoms with E-state index in [2.05, 4.69) is 20.9 Å². The SMILES string of the molecule is Cc1nc(Cl)c(C=CC(=O)O)n1Cc1ccc(Br)cc1Cl. The number of carboxylic acids is 1. The minimum atomic E-state index is -1.04. The molecule has 0 atom stereocenters. The van der Waals surface area contributed by atoms with Crippen LogP contribution < -0.4 is 0 Å². The lowest BCUT2D eigenvalue weighted by atomic mass is 10.2. The first-order chi connectivity index (χ1) is 9.88. The number of halogens is 3. The van der Waals surface area contributed by atoms with Gasteiger partial charge in [0, 0.05) is 15.6 Å². The van der Waals surface area contributed by atoms with E-state index in [-0.39, 0.29) is 5.15 Å². The van der Waals surface area contributed by atoms with Gasteiger partial charge in [0.15, 0.2) is 5.15 Å². The smallest absolute Gasteiger partial charge is 0.328 e. The number of rotatable bonds is 4. The van der Waals surface area contributed by atoms with Gasteiger partial charge in [0.1, 0.15) is 5.82 Å². The molecular weight excluding hydrogens is 379 g/mol. The van der Waals surface area contributed by atoms with Crippen LogP contribution in [-0.4, -0.2) is 20.6 Å². The molecule has 0 radical (unpaired) electrons. The highest BCUT2D eigenvalue weighted by atomic mass is 79.9. The van der Waals surface area contributed by atoms with Crippen LogP contribution in [0.4, 0.5) is 0 Å². The minimum absolute atomic E-state index is 0.262. The van der Waals surface area contributed by atoms with Crippen molar-refractivity contribution < 1.29 is 9.90 Å². The van der Waals surface area contributed by atoms with Gasteiger partial charge in [-0.15, -0.1) is 0 Å². The number of imidazole rings is 1. The van der Waals surface area contributed by atoms with E-state index in [1.807, 2.05) is 16.7 Å². The lowest BCUT2D eigenvalue weighted by Crippen LogP contribution is -2.05. The topological polar surface area (TPSA) is 55.1 Å². The molecule has 1 heterocycles. The molecule has 0 unspecified atom stereocenters. The van der Waals surface area contributed by atoms with Gasteiger partial charge in [-0.1, -0.05) is 45.2 Å². The fraction of sp³-hybridized carbons (Fsp3) is 0.143. The lowest BCUT2D eigenvalue weighted by molar-refractivity contribution is -0.131. The van der Waals surface area contributed by atoms with Gasteiger partial charge in [-0.05, 0) is 30.7 Å². The van der Waals surface area contributed by atoms with Crippen LogP contribution >= 0.6 is 39.1 Å². The van der Waals surface area contributed by atoms with Crippen LogP contribution in [0.25, 0.3) is 6.08 Å².